The molecular weight excluding hydrogens is 216 g/mol. The summed E-state index contributed by atoms with van der Waals surface area (Å²) in [6, 6.07) is 3.97. The Morgan fingerprint density at radius 2 is 2.06 bits per heavy atom. The van der Waals surface area contributed by atoms with E-state index >= 15 is 0 Å². The quantitative estimate of drug-likeness (QED) is 0.841. The van der Waals surface area contributed by atoms with Crippen LogP contribution in [0.15, 0.2) is 59.9 Å². The number of nitrogens with one attached hydrogen (secondary N) is 1. The molecule has 1 aliphatic heterocycles. The second kappa shape index (κ2) is 4.18. The second-order valence-electron chi connectivity index (χ2n) is 3.83. The van der Waals surface area contributed by atoms with Crippen molar-refractivity contribution >= 4 is 17.4 Å². The molecule has 0 amide bonds. The lowest BCUT2D eigenvalue weighted by molar-refractivity contribution is 0.820. The molecule has 3 rings (SSSR count). The van der Waals surface area contributed by atoms with Gasteiger partial charge in [-0.2, -0.15) is 0 Å². The fourth-order valence-corrected chi connectivity index (χ4v) is 3.04. The lowest BCUT2D eigenvalue weighted by Gasteiger charge is -2.23. The van der Waals surface area contributed by atoms with Gasteiger partial charge in [0.05, 0.1) is 5.25 Å². The van der Waals surface area contributed by atoms with E-state index in [2.05, 4.69) is 40.0 Å². The van der Waals surface area contributed by atoms with Crippen molar-refractivity contribution in [2.24, 2.45) is 5.92 Å². The smallest absolute Gasteiger partial charge is 0.0586 e. The third-order valence-electron chi connectivity index (χ3n) is 2.76. The Hall–Kier alpha value is -1.48. The number of pyridine rings is 1. The van der Waals surface area contributed by atoms with Gasteiger partial charge in [0.25, 0.3) is 0 Å². The Labute approximate surface area is 99.2 Å². The Balaban J connectivity index is 1.81. The van der Waals surface area contributed by atoms with E-state index in [1.54, 1.807) is 12.4 Å². The van der Waals surface area contributed by atoms with Crippen molar-refractivity contribution in [1.29, 1.82) is 0 Å². The molecule has 1 aromatic rings. The number of allylic oxidation sites excluding steroid dienone is 4. The summed E-state index contributed by atoms with van der Waals surface area (Å²) in [5.41, 5.74) is 2.37. The van der Waals surface area contributed by atoms with Gasteiger partial charge in [0, 0.05) is 29.7 Å². The molecule has 2 atom stereocenters. The van der Waals surface area contributed by atoms with Crippen molar-refractivity contribution in [3.63, 3.8) is 0 Å². The molecule has 0 bridgehead atoms. The predicted octanol–water partition coefficient (Wildman–Crippen LogP) is 3.19. The van der Waals surface area contributed by atoms with Crippen LogP contribution in [0.4, 0.5) is 5.69 Å². The van der Waals surface area contributed by atoms with E-state index in [-0.39, 0.29) is 0 Å². The van der Waals surface area contributed by atoms with Crippen LogP contribution in [0, 0.1) is 5.92 Å². The first-order valence-corrected chi connectivity index (χ1v) is 6.25. The molecule has 3 heteroatoms. The minimum absolute atomic E-state index is 0.512. The first-order valence-electron chi connectivity index (χ1n) is 5.31. The van der Waals surface area contributed by atoms with E-state index in [1.807, 2.05) is 23.9 Å². The normalized spacial score (nSPS) is 26.4. The number of thioether (sulfide) groups is 1. The van der Waals surface area contributed by atoms with Gasteiger partial charge in [-0.1, -0.05) is 18.2 Å². The largest absolute Gasteiger partial charge is 0.358 e. The van der Waals surface area contributed by atoms with Crippen molar-refractivity contribution in [3.05, 3.63) is 59.9 Å². The van der Waals surface area contributed by atoms with Crippen molar-refractivity contribution in [3.8, 4) is 0 Å². The van der Waals surface area contributed by atoms with Crippen molar-refractivity contribution in [2.75, 3.05) is 5.32 Å². The van der Waals surface area contributed by atoms with Crippen LogP contribution in [0.3, 0.4) is 0 Å². The van der Waals surface area contributed by atoms with Gasteiger partial charge >= 0.3 is 0 Å². The number of nitrogens with zero attached hydrogens (tertiary/aromatic N) is 1. The summed E-state index contributed by atoms with van der Waals surface area (Å²) in [7, 11) is 0. The van der Waals surface area contributed by atoms with Crippen molar-refractivity contribution in [1.82, 2.24) is 4.98 Å². The number of anilines is 1. The molecule has 2 heterocycles. The fraction of sp³-hybridized carbons (Fsp3) is 0.154. The molecule has 0 fully saturated rings. The topological polar surface area (TPSA) is 24.9 Å². The van der Waals surface area contributed by atoms with Crippen LogP contribution in [-0.2, 0) is 0 Å². The number of fused-ring (bicyclic) bond motifs is 1. The summed E-state index contributed by atoms with van der Waals surface area (Å²) in [4.78, 5) is 4.01. The van der Waals surface area contributed by atoms with Crippen molar-refractivity contribution < 1.29 is 0 Å². The predicted molar refractivity (Wildman–Crippen MR) is 69.1 cm³/mol. The molecule has 0 aromatic carbocycles. The van der Waals surface area contributed by atoms with Gasteiger partial charge in [-0.25, -0.2) is 0 Å². The summed E-state index contributed by atoms with van der Waals surface area (Å²) < 4.78 is 0. The van der Waals surface area contributed by atoms with E-state index < -0.39 is 0 Å². The van der Waals surface area contributed by atoms with Gasteiger partial charge in [0.1, 0.15) is 0 Å². The van der Waals surface area contributed by atoms with Crippen LogP contribution >= 0.6 is 11.8 Å². The SMILES string of the molecule is C1=CC2C=CSC2C(Nc2ccncc2)=C1. The summed E-state index contributed by atoms with van der Waals surface area (Å²) >= 11 is 1.88. The Bertz CT molecular complexity index is 462. The average Bonchev–Trinajstić information content (AvgIpc) is 2.80. The van der Waals surface area contributed by atoms with Gasteiger partial charge in [-0.15, -0.1) is 11.8 Å². The molecule has 0 saturated carbocycles. The summed E-state index contributed by atoms with van der Waals surface area (Å²) in [6.45, 7) is 0. The number of hydrogen-bond donors (Lipinski definition) is 1. The molecule has 1 aromatic heterocycles. The molecular formula is C13H12N2S. The molecule has 0 saturated heterocycles. The molecule has 16 heavy (non-hydrogen) atoms. The molecule has 2 aliphatic rings. The Kier molecular flexibility index (Phi) is 2.54. The van der Waals surface area contributed by atoms with Crippen molar-refractivity contribution in [2.45, 2.75) is 5.25 Å². The van der Waals surface area contributed by atoms with Gasteiger partial charge in [-0.05, 0) is 23.6 Å². The zero-order valence-corrected chi connectivity index (χ0v) is 9.52. The highest BCUT2D eigenvalue weighted by Gasteiger charge is 2.26. The van der Waals surface area contributed by atoms with Gasteiger partial charge < -0.3 is 5.32 Å². The molecule has 2 nitrogen and oxygen atoms in total. The molecule has 1 aliphatic carbocycles. The van der Waals surface area contributed by atoms with Crippen LogP contribution in [0.25, 0.3) is 0 Å². The fourth-order valence-electron chi connectivity index (χ4n) is 1.96. The highest BCUT2D eigenvalue weighted by Crippen LogP contribution is 2.38. The third-order valence-corrected chi connectivity index (χ3v) is 3.94. The van der Waals surface area contributed by atoms with Gasteiger partial charge in [-0.3, -0.25) is 4.98 Å². The minimum atomic E-state index is 0.512. The van der Waals surface area contributed by atoms with Crippen LogP contribution in [0.5, 0.6) is 0 Å². The molecule has 2 unspecified atom stereocenters. The third kappa shape index (κ3) is 1.78. The van der Waals surface area contributed by atoms with Crippen LogP contribution in [0.1, 0.15) is 0 Å². The lowest BCUT2D eigenvalue weighted by Crippen LogP contribution is -2.20. The maximum Gasteiger partial charge on any atom is 0.0586 e. The highest BCUT2D eigenvalue weighted by molar-refractivity contribution is 8.03. The van der Waals surface area contributed by atoms with Gasteiger partial charge in [0.15, 0.2) is 0 Å². The first kappa shape index (κ1) is 9.73. The maximum absolute atomic E-state index is 4.01. The minimum Gasteiger partial charge on any atom is -0.358 e. The highest BCUT2D eigenvalue weighted by atomic mass is 32.2. The number of hydrogen-bond acceptors (Lipinski definition) is 3. The molecule has 0 radical (unpaired) electrons. The maximum atomic E-state index is 4.01. The number of aromatic nitrogens is 1. The zero-order valence-electron chi connectivity index (χ0n) is 8.71. The standard InChI is InChI=1S/C13H12N2S/c1-2-10-6-9-16-13(10)12(3-1)15-11-4-7-14-8-5-11/h1-10,13H,(H,14,15). The summed E-state index contributed by atoms with van der Waals surface area (Å²) in [5, 5.41) is 6.16. The van der Waals surface area contributed by atoms with Crippen LogP contribution in [-0.4, -0.2) is 10.2 Å². The zero-order chi connectivity index (χ0) is 10.8. The van der Waals surface area contributed by atoms with E-state index in [9.17, 15) is 0 Å². The number of rotatable bonds is 2. The van der Waals surface area contributed by atoms with E-state index in [1.165, 1.54) is 5.70 Å². The summed E-state index contributed by atoms with van der Waals surface area (Å²) in [6.07, 6.45) is 12.4. The first-order chi connectivity index (χ1) is 7.93. The molecule has 80 valence electrons. The Morgan fingerprint density at radius 1 is 1.19 bits per heavy atom. The molecule has 1 N–H and O–H groups in total. The van der Waals surface area contributed by atoms with E-state index in [0.717, 1.165) is 5.69 Å². The van der Waals surface area contributed by atoms with E-state index in [4.69, 9.17) is 0 Å². The van der Waals surface area contributed by atoms with E-state index in [0.29, 0.717) is 11.2 Å². The average molecular weight is 228 g/mol. The van der Waals surface area contributed by atoms with Gasteiger partial charge in [0.2, 0.25) is 0 Å². The lowest BCUT2D eigenvalue weighted by atomic mass is 9.98. The molecule has 0 spiro atoms. The summed E-state index contributed by atoms with van der Waals surface area (Å²) in [5.74, 6) is 0.541. The second-order valence-corrected chi connectivity index (χ2v) is 4.88. The monoisotopic (exact) mass is 228 g/mol. The van der Waals surface area contributed by atoms with Crippen LogP contribution < -0.4 is 5.32 Å². The Morgan fingerprint density at radius 3 is 2.94 bits per heavy atom. The van der Waals surface area contributed by atoms with Crippen LogP contribution in [0.2, 0.25) is 0 Å².